The van der Waals surface area contributed by atoms with Crippen molar-refractivity contribution in [3.8, 4) is 11.1 Å². The van der Waals surface area contributed by atoms with Crippen LogP contribution in [0.25, 0.3) is 33.1 Å². The lowest BCUT2D eigenvalue weighted by Gasteiger charge is -2.14. The monoisotopic (exact) mass is 420 g/mol. The second-order valence-electron chi connectivity index (χ2n) is 7.30. The van der Waals surface area contributed by atoms with E-state index in [0.717, 1.165) is 38.4 Å². The summed E-state index contributed by atoms with van der Waals surface area (Å²) in [5, 5.41) is 1.82. The third kappa shape index (κ3) is 3.17. The summed E-state index contributed by atoms with van der Waals surface area (Å²) in [5.74, 6) is -0.431. The highest BCUT2D eigenvalue weighted by Crippen LogP contribution is 2.35. The molecule has 0 saturated carbocycles. The van der Waals surface area contributed by atoms with E-state index in [-0.39, 0.29) is 10.6 Å². The lowest BCUT2D eigenvalue weighted by molar-refractivity contribution is 0.0602. The molecule has 2 heterocycles. The predicted octanol–water partition coefficient (Wildman–Crippen LogP) is 2.53. The van der Waals surface area contributed by atoms with Crippen LogP contribution in [0.1, 0.15) is 22.8 Å². The zero-order chi connectivity index (χ0) is 21.6. The summed E-state index contributed by atoms with van der Waals surface area (Å²) in [6, 6.07) is 10.7. The fraction of sp³-hybridized carbons (Fsp3) is 0.182. The van der Waals surface area contributed by atoms with Crippen LogP contribution in [0.15, 0.2) is 47.5 Å². The number of carbonyl (C=O) groups excluding carboxylic acids is 1. The maximum atomic E-state index is 12.5. The van der Waals surface area contributed by atoms with E-state index in [1.807, 2.05) is 26.9 Å². The summed E-state index contributed by atoms with van der Waals surface area (Å²) in [6.45, 7) is 3.59. The van der Waals surface area contributed by atoms with Gasteiger partial charge in [0.1, 0.15) is 13.5 Å². The van der Waals surface area contributed by atoms with Gasteiger partial charge in [-0.25, -0.2) is 18.2 Å². The van der Waals surface area contributed by atoms with Gasteiger partial charge in [0.2, 0.25) is 0 Å². The van der Waals surface area contributed by atoms with Crippen LogP contribution in [0.5, 0.6) is 0 Å². The molecule has 8 heteroatoms. The summed E-state index contributed by atoms with van der Waals surface area (Å²) in [5.41, 5.74) is 5.12. The largest absolute Gasteiger partial charge is 0.465 e. The van der Waals surface area contributed by atoms with Crippen molar-refractivity contribution in [2.24, 2.45) is 0 Å². The van der Waals surface area contributed by atoms with Gasteiger partial charge >= 0.3 is 5.97 Å². The van der Waals surface area contributed by atoms with Crippen molar-refractivity contribution >= 4 is 51.1 Å². The molecule has 6 nitrogen and oxygen atoms in total. The van der Waals surface area contributed by atoms with E-state index in [0.29, 0.717) is 11.2 Å². The summed E-state index contributed by atoms with van der Waals surface area (Å²) in [4.78, 5) is 20.5. The summed E-state index contributed by atoms with van der Waals surface area (Å²) < 4.78 is 29.9. The van der Waals surface area contributed by atoms with Gasteiger partial charge in [-0.2, -0.15) is 0 Å². The zero-order valence-electron chi connectivity index (χ0n) is 17.2. The maximum Gasteiger partial charge on any atom is 0.337 e. The molecule has 0 spiro atoms. The molecule has 30 heavy (non-hydrogen) atoms. The molecule has 0 radical (unpaired) electrons. The first kappa shape index (κ1) is 20.2. The predicted molar refractivity (Wildman–Crippen MR) is 121 cm³/mol. The fourth-order valence-corrected chi connectivity index (χ4v) is 4.77. The first-order valence-electron chi connectivity index (χ1n) is 9.60. The van der Waals surface area contributed by atoms with Gasteiger partial charge in [0.15, 0.2) is 9.84 Å². The van der Waals surface area contributed by atoms with E-state index in [1.54, 1.807) is 37.4 Å². The molecule has 0 atom stereocenters. The van der Waals surface area contributed by atoms with Crippen LogP contribution in [0.2, 0.25) is 0 Å². The molecule has 0 fully saturated rings. The number of rotatable bonds is 4. The zero-order valence-corrected chi connectivity index (χ0v) is 18.1. The second kappa shape index (κ2) is 7.29. The number of nitrogens with zero attached hydrogens (tertiary/aromatic N) is 1. The van der Waals surface area contributed by atoms with Crippen LogP contribution in [0, 0.1) is 6.92 Å². The third-order valence-corrected chi connectivity index (χ3v) is 7.13. The number of esters is 1. The Balaban J connectivity index is 2.16. The van der Waals surface area contributed by atoms with Gasteiger partial charge in [0.25, 0.3) is 0 Å². The van der Waals surface area contributed by atoms with Gasteiger partial charge < -0.3 is 9.72 Å². The Labute approximate surface area is 175 Å². The van der Waals surface area contributed by atoms with Crippen LogP contribution in [-0.2, 0) is 14.6 Å². The van der Waals surface area contributed by atoms with E-state index in [2.05, 4.69) is 9.97 Å². The smallest absolute Gasteiger partial charge is 0.337 e. The summed E-state index contributed by atoms with van der Waals surface area (Å²) in [7, 11) is -0.179. The molecule has 4 rings (SSSR count). The number of hydrogen-bond acceptors (Lipinski definition) is 5. The molecule has 0 bridgehead atoms. The molecule has 0 aliphatic heterocycles. The Kier molecular flexibility index (Phi) is 4.90. The lowest BCUT2D eigenvalue weighted by Crippen LogP contribution is -2.20. The van der Waals surface area contributed by atoms with Gasteiger partial charge in [-0.15, -0.1) is 0 Å². The van der Waals surface area contributed by atoms with Crippen molar-refractivity contribution in [3.05, 3.63) is 53.7 Å². The Morgan fingerprint density at radius 2 is 2.00 bits per heavy atom. The molecule has 0 aliphatic carbocycles. The van der Waals surface area contributed by atoms with Gasteiger partial charge in [-0.3, -0.25) is 0 Å². The number of H-pyrrole nitrogens is 1. The van der Waals surface area contributed by atoms with Crippen molar-refractivity contribution in [1.29, 1.82) is 0 Å². The van der Waals surface area contributed by atoms with Crippen LogP contribution < -0.4 is 5.46 Å². The van der Waals surface area contributed by atoms with Crippen LogP contribution in [0.4, 0.5) is 0 Å². The number of nitrogens with one attached hydrogen (secondary N) is 1. The van der Waals surface area contributed by atoms with E-state index in [9.17, 15) is 13.2 Å². The molecular formula is C22H21BN2O4S. The number of benzene rings is 2. The summed E-state index contributed by atoms with van der Waals surface area (Å²) >= 11 is 0. The lowest BCUT2D eigenvalue weighted by atomic mass is 9.80. The van der Waals surface area contributed by atoms with Crippen molar-refractivity contribution in [2.75, 3.05) is 12.9 Å². The minimum absolute atomic E-state index is 0.0171. The molecule has 2 aromatic carbocycles. The van der Waals surface area contributed by atoms with Crippen LogP contribution in [0.3, 0.4) is 0 Å². The van der Waals surface area contributed by atoms with E-state index >= 15 is 0 Å². The highest BCUT2D eigenvalue weighted by Gasteiger charge is 2.21. The molecule has 0 saturated heterocycles. The highest BCUT2D eigenvalue weighted by atomic mass is 32.2. The minimum Gasteiger partial charge on any atom is -0.465 e. The quantitative estimate of drug-likeness (QED) is 0.405. The number of hydrogen-bond donors (Lipinski definition) is 1. The first-order chi connectivity index (χ1) is 14.3. The number of ether oxygens (including phenoxy) is 1. The maximum absolute atomic E-state index is 12.5. The number of carbonyl (C=O) groups is 1. The molecule has 0 aliphatic rings. The van der Waals surface area contributed by atoms with Gasteiger partial charge in [0, 0.05) is 22.5 Å². The van der Waals surface area contributed by atoms with Gasteiger partial charge in [0.05, 0.1) is 23.3 Å². The Morgan fingerprint density at radius 1 is 1.23 bits per heavy atom. The van der Waals surface area contributed by atoms with Crippen molar-refractivity contribution in [2.45, 2.75) is 18.7 Å². The first-order valence-corrected chi connectivity index (χ1v) is 11.2. The van der Waals surface area contributed by atoms with E-state index in [1.165, 1.54) is 7.11 Å². The second-order valence-corrected chi connectivity index (χ2v) is 9.58. The van der Waals surface area contributed by atoms with Gasteiger partial charge in [-0.1, -0.05) is 24.5 Å². The Morgan fingerprint density at radius 3 is 2.70 bits per heavy atom. The van der Waals surface area contributed by atoms with Crippen LogP contribution in [-0.4, -0.2) is 45.1 Å². The van der Waals surface area contributed by atoms with Crippen molar-refractivity contribution < 1.29 is 17.9 Å². The van der Waals surface area contributed by atoms with Crippen LogP contribution >= 0.6 is 0 Å². The average Bonchev–Trinajstić information content (AvgIpc) is 3.10. The molecule has 2 aromatic heterocycles. The average molecular weight is 420 g/mol. The standard InChI is InChI=1S/C22H21BN2O4S/c1-4-30(27,28)14-7-5-6-13(9-14)18-19-15-8-12(2)11-24-21(15)25-17(19)10-16(20(18)23)22(26)29-3/h5-11H,4,23H2,1-3H3,(H,24,25). The molecule has 152 valence electrons. The number of aromatic amines is 1. The van der Waals surface area contributed by atoms with E-state index < -0.39 is 15.8 Å². The number of fused-ring (bicyclic) bond motifs is 3. The number of methoxy groups -OCH3 is 1. The number of aryl methyl sites for hydroxylation is 1. The molecule has 4 aromatic rings. The number of pyridine rings is 1. The topological polar surface area (TPSA) is 89.1 Å². The van der Waals surface area contributed by atoms with Gasteiger partial charge in [-0.05, 0) is 47.9 Å². The Hall–Kier alpha value is -3.13. The molecule has 0 amide bonds. The number of aromatic nitrogens is 2. The normalized spacial score (nSPS) is 11.8. The Bertz CT molecular complexity index is 1420. The third-order valence-electron chi connectivity index (χ3n) is 5.40. The highest BCUT2D eigenvalue weighted by molar-refractivity contribution is 7.91. The molecule has 0 unspecified atom stereocenters. The summed E-state index contributed by atoms with van der Waals surface area (Å²) in [6.07, 6.45) is 1.78. The minimum atomic E-state index is -3.37. The van der Waals surface area contributed by atoms with Crippen molar-refractivity contribution in [3.63, 3.8) is 0 Å². The fourth-order valence-electron chi connectivity index (χ4n) is 3.84. The van der Waals surface area contributed by atoms with E-state index in [4.69, 9.17) is 4.74 Å². The molecular weight excluding hydrogens is 399 g/mol. The van der Waals surface area contributed by atoms with Crippen molar-refractivity contribution in [1.82, 2.24) is 9.97 Å². The SMILES string of the molecule is Bc1c(C(=O)OC)cc2[nH]c3ncc(C)cc3c2c1-c1cccc(S(=O)(=O)CC)c1. The number of sulfone groups is 1. The molecule has 1 N–H and O–H groups in total.